The molecule has 2 heterocycles. The van der Waals surface area contributed by atoms with E-state index in [0.29, 0.717) is 31.3 Å². The molecule has 9 heteroatoms. The summed E-state index contributed by atoms with van der Waals surface area (Å²) in [6, 6.07) is 13.7. The van der Waals surface area contributed by atoms with E-state index in [9.17, 15) is 8.78 Å². The van der Waals surface area contributed by atoms with Crippen molar-refractivity contribution < 1.29 is 8.78 Å². The van der Waals surface area contributed by atoms with Crippen LogP contribution >= 0.6 is 24.0 Å². The maximum atomic E-state index is 14.0. The predicted molar refractivity (Wildman–Crippen MR) is 129 cm³/mol. The van der Waals surface area contributed by atoms with Crippen LogP contribution in [0.3, 0.4) is 0 Å². The molecule has 0 amide bonds. The van der Waals surface area contributed by atoms with E-state index in [4.69, 9.17) is 0 Å². The van der Waals surface area contributed by atoms with Gasteiger partial charge in [-0.15, -0.1) is 24.0 Å². The van der Waals surface area contributed by atoms with Gasteiger partial charge in [0.05, 0.1) is 17.6 Å². The average molecular weight is 538 g/mol. The van der Waals surface area contributed by atoms with Gasteiger partial charge in [0.2, 0.25) is 0 Å². The summed E-state index contributed by atoms with van der Waals surface area (Å²) in [5.41, 5.74) is 2.46. The van der Waals surface area contributed by atoms with E-state index >= 15 is 0 Å². The third kappa shape index (κ3) is 5.72. The molecule has 1 fully saturated rings. The Morgan fingerprint density at radius 1 is 1.19 bits per heavy atom. The van der Waals surface area contributed by atoms with E-state index in [1.54, 1.807) is 7.05 Å². The van der Waals surface area contributed by atoms with Crippen LogP contribution in [0.15, 0.2) is 65.9 Å². The first-order chi connectivity index (χ1) is 14.6. The Labute approximate surface area is 197 Å². The van der Waals surface area contributed by atoms with Crippen molar-refractivity contribution in [2.45, 2.75) is 19.0 Å². The molecule has 1 aliphatic rings. The standard InChI is InChI=1S/C22H24F2N6.HI/c1-25-22(26-12-16-13-27-30(14-16)19-5-3-2-4-6-19)28-18-9-10-29(15-18)21-8-7-17(23)11-20(21)24;/h2-8,11,13-14,18H,9-10,12,15H2,1H3,(H2,25,26,28);1H. The fourth-order valence-electron chi connectivity index (χ4n) is 3.58. The van der Waals surface area contributed by atoms with E-state index in [-0.39, 0.29) is 30.0 Å². The van der Waals surface area contributed by atoms with Crippen LogP contribution in [0, 0.1) is 11.6 Å². The highest BCUT2D eigenvalue weighted by Crippen LogP contribution is 2.24. The molecule has 0 spiro atoms. The quantitative estimate of drug-likeness (QED) is 0.296. The number of halogens is 3. The first-order valence-electron chi connectivity index (χ1n) is 9.88. The van der Waals surface area contributed by atoms with Gasteiger partial charge in [0.25, 0.3) is 0 Å². The second-order valence-electron chi connectivity index (χ2n) is 7.23. The van der Waals surface area contributed by atoms with E-state index < -0.39 is 11.6 Å². The first kappa shape index (κ1) is 23.0. The molecule has 1 aliphatic heterocycles. The lowest BCUT2D eigenvalue weighted by molar-refractivity contribution is 0.580. The SMILES string of the molecule is CN=C(NCc1cnn(-c2ccccc2)c1)NC1CCN(c2ccc(F)cc2F)C1.I. The van der Waals surface area contributed by atoms with Crippen LogP contribution in [0.5, 0.6) is 0 Å². The van der Waals surface area contributed by atoms with Gasteiger partial charge in [0.15, 0.2) is 5.96 Å². The molecule has 6 nitrogen and oxygen atoms in total. The highest BCUT2D eigenvalue weighted by molar-refractivity contribution is 14.0. The first-order valence-corrected chi connectivity index (χ1v) is 9.88. The lowest BCUT2D eigenvalue weighted by atomic mass is 10.2. The molecule has 3 aromatic rings. The zero-order valence-electron chi connectivity index (χ0n) is 17.1. The largest absolute Gasteiger partial charge is 0.367 e. The summed E-state index contributed by atoms with van der Waals surface area (Å²) in [5.74, 6) is -0.423. The Hall–Kier alpha value is -2.69. The van der Waals surface area contributed by atoms with E-state index in [1.807, 2.05) is 52.3 Å². The zero-order valence-corrected chi connectivity index (χ0v) is 19.5. The molecule has 1 aromatic heterocycles. The van der Waals surface area contributed by atoms with Crippen molar-refractivity contribution in [3.63, 3.8) is 0 Å². The van der Waals surface area contributed by atoms with Crippen LogP contribution < -0.4 is 15.5 Å². The molecule has 0 aliphatic carbocycles. The van der Waals surface area contributed by atoms with E-state index in [1.165, 1.54) is 12.1 Å². The Bertz CT molecular complexity index is 1020. The number of guanidine groups is 1. The number of hydrogen-bond acceptors (Lipinski definition) is 3. The molecule has 1 atom stereocenters. The maximum absolute atomic E-state index is 14.0. The average Bonchev–Trinajstić information content (AvgIpc) is 3.41. The minimum atomic E-state index is -0.565. The summed E-state index contributed by atoms with van der Waals surface area (Å²) in [5, 5.41) is 11.1. The van der Waals surface area contributed by atoms with Gasteiger partial charge in [-0.25, -0.2) is 13.5 Å². The topological polar surface area (TPSA) is 57.5 Å². The molecular weight excluding hydrogens is 513 g/mol. The Morgan fingerprint density at radius 2 is 2.00 bits per heavy atom. The number of benzene rings is 2. The van der Waals surface area contributed by atoms with Crippen molar-refractivity contribution in [3.05, 3.63) is 78.1 Å². The number of nitrogens with one attached hydrogen (secondary N) is 2. The second kappa shape index (κ2) is 10.6. The lowest BCUT2D eigenvalue weighted by Gasteiger charge is -2.20. The molecule has 0 radical (unpaired) electrons. The summed E-state index contributed by atoms with van der Waals surface area (Å²) < 4.78 is 29.0. The van der Waals surface area contributed by atoms with Crippen molar-refractivity contribution in [1.29, 1.82) is 0 Å². The molecule has 1 unspecified atom stereocenters. The van der Waals surface area contributed by atoms with Crippen molar-refractivity contribution in [3.8, 4) is 5.69 Å². The highest BCUT2D eigenvalue weighted by atomic mass is 127. The molecule has 31 heavy (non-hydrogen) atoms. The third-order valence-corrected chi connectivity index (χ3v) is 5.12. The van der Waals surface area contributed by atoms with E-state index in [2.05, 4.69) is 20.7 Å². The van der Waals surface area contributed by atoms with Crippen molar-refractivity contribution in [2.75, 3.05) is 25.0 Å². The number of aromatic nitrogens is 2. The molecular formula is C22H25F2IN6. The third-order valence-electron chi connectivity index (χ3n) is 5.12. The van der Waals surface area contributed by atoms with E-state index in [0.717, 1.165) is 23.7 Å². The summed E-state index contributed by atoms with van der Waals surface area (Å²) >= 11 is 0. The number of hydrogen-bond donors (Lipinski definition) is 2. The van der Waals surface area contributed by atoms with Crippen LogP contribution in [0.2, 0.25) is 0 Å². The molecule has 0 bridgehead atoms. The van der Waals surface area contributed by atoms with Gasteiger partial charge in [-0.3, -0.25) is 4.99 Å². The van der Waals surface area contributed by atoms with Crippen LogP contribution in [0.1, 0.15) is 12.0 Å². The molecule has 2 aromatic carbocycles. The minimum Gasteiger partial charge on any atom is -0.367 e. The summed E-state index contributed by atoms with van der Waals surface area (Å²) in [7, 11) is 1.72. The predicted octanol–water partition coefficient (Wildman–Crippen LogP) is 3.71. The van der Waals surface area contributed by atoms with Gasteiger partial charge in [-0.05, 0) is 30.7 Å². The van der Waals surface area contributed by atoms with Gasteiger partial charge >= 0.3 is 0 Å². The van der Waals surface area contributed by atoms with Crippen molar-refractivity contribution >= 4 is 35.6 Å². The number of nitrogens with zero attached hydrogens (tertiary/aromatic N) is 4. The van der Waals surface area contributed by atoms with Crippen LogP contribution in [-0.4, -0.2) is 41.9 Å². The van der Waals surface area contributed by atoms with Crippen molar-refractivity contribution in [2.24, 2.45) is 4.99 Å². The number of para-hydroxylation sites is 1. The number of aliphatic imine (C=N–C) groups is 1. The molecule has 164 valence electrons. The normalized spacial score (nSPS) is 16.2. The van der Waals surface area contributed by atoms with Gasteiger partial charge in [-0.2, -0.15) is 5.10 Å². The zero-order chi connectivity index (χ0) is 20.9. The summed E-state index contributed by atoms with van der Waals surface area (Å²) in [4.78, 5) is 6.20. The highest BCUT2D eigenvalue weighted by Gasteiger charge is 2.25. The van der Waals surface area contributed by atoms with Gasteiger partial charge in [0, 0.05) is 50.6 Å². The summed E-state index contributed by atoms with van der Waals surface area (Å²) in [6.07, 6.45) is 4.63. The molecule has 1 saturated heterocycles. The van der Waals surface area contributed by atoms with Gasteiger partial charge in [0.1, 0.15) is 11.6 Å². The van der Waals surface area contributed by atoms with Crippen LogP contribution in [0.4, 0.5) is 14.5 Å². The Morgan fingerprint density at radius 3 is 2.74 bits per heavy atom. The second-order valence-corrected chi connectivity index (χ2v) is 7.23. The lowest BCUT2D eigenvalue weighted by Crippen LogP contribution is -2.44. The molecule has 4 rings (SSSR count). The fourth-order valence-corrected chi connectivity index (χ4v) is 3.58. The van der Waals surface area contributed by atoms with Crippen LogP contribution in [-0.2, 0) is 6.54 Å². The minimum absolute atomic E-state index is 0. The molecule has 0 saturated carbocycles. The number of anilines is 1. The fraction of sp³-hybridized carbons (Fsp3) is 0.273. The van der Waals surface area contributed by atoms with Crippen molar-refractivity contribution in [1.82, 2.24) is 20.4 Å². The monoisotopic (exact) mass is 538 g/mol. The smallest absolute Gasteiger partial charge is 0.191 e. The molecule has 2 N–H and O–H groups in total. The maximum Gasteiger partial charge on any atom is 0.191 e. The van der Waals surface area contributed by atoms with Gasteiger partial charge < -0.3 is 15.5 Å². The van der Waals surface area contributed by atoms with Crippen LogP contribution in [0.25, 0.3) is 5.69 Å². The Kier molecular flexibility index (Phi) is 7.83. The number of rotatable bonds is 5. The van der Waals surface area contributed by atoms with Gasteiger partial charge in [-0.1, -0.05) is 18.2 Å². The Balaban J connectivity index is 0.00000272. The summed E-state index contributed by atoms with van der Waals surface area (Å²) in [6.45, 7) is 1.89.